The molecule has 0 saturated carbocycles. The van der Waals surface area contributed by atoms with Crippen molar-refractivity contribution in [1.82, 2.24) is 14.8 Å². The van der Waals surface area contributed by atoms with Crippen molar-refractivity contribution in [2.75, 3.05) is 34.3 Å². The Bertz CT molecular complexity index is 663. The van der Waals surface area contributed by atoms with E-state index in [9.17, 15) is 4.79 Å². The number of carbonyl (C=O) groups excluding carboxylic acids is 1. The molecule has 5 heteroatoms. The molecule has 21 heavy (non-hydrogen) atoms. The van der Waals surface area contributed by atoms with Crippen LogP contribution >= 0.6 is 0 Å². The zero-order chi connectivity index (χ0) is 15.0. The molecule has 1 aromatic heterocycles. The maximum Gasteiger partial charge on any atom is 0.410 e. The summed E-state index contributed by atoms with van der Waals surface area (Å²) in [5.41, 5.74) is 3.58. The molecule has 112 valence electrons. The summed E-state index contributed by atoms with van der Waals surface area (Å²) in [6.45, 7) is 1.44. The molecule has 0 aliphatic carbocycles. The molecule has 3 rings (SSSR count). The fourth-order valence-electron chi connectivity index (χ4n) is 2.77. The van der Waals surface area contributed by atoms with E-state index in [0.29, 0.717) is 6.61 Å². The molecule has 0 bridgehead atoms. The van der Waals surface area contributed by atoms with E-state index >= 15 is 0 Å². The summed E-state index contributed by atoms with van der Waals surface area (Å²) in [5, 5.41) is 1.24. The van der Waals surface area contributed by atoms with Gasteiger partial charge in [0, 0.05) is 30.7 Å². The number of aromatic nitrogens is 1. The quantitative estimate of drug-likeness (QED) is 0.939. The van der Waals surface area contributed by atoms with Gasteiger partial charge in [-0.3, -0.25) is 0 Å². The highest BCUT2D eigenvalue weighted by molar-refractivity contribution is 5.84. The highest BCUT2D eigenvalue weighted by Gasteiger charge is 2.30. The maximum absolute atomic E-state index is 11.5. The van der Waals surface area contributed by atoms with Crippen LogP contribution in [-0.2, 0) is 11.2 Å². The van der Waals surface area contributed by atoms with E-state index in [1.54, 1.807) is 11.9 Å². The second-order valence-corrected chi connectivity index (χ2v) is 5.88. The predicted octanol–water partition coefficient (Wildman–Crippen LogP) is 2.40. The smallest absolute Gasteiger partial charge is 0.410 e. The summed E-state index contributed by atoms with van der Waals surface area (Å²) in [6.07, 6.45) is 2.84. The number of carbonyl (C=O) groups is 1. The monoisotopic (exact) mass is 287 g/mol. The number of likely N-dealkylation sites (N-methyl/N-ethyl adjacent to an activating group) is 2. The lowest BCUT2D eigenvalue weighted by molar-refractivity contribution is 0.163. The van der Waals surface area contributed by atoms with Gasteiger partial charge in [0.1, 0.15) is 6.61 Å². The molecule has 2 heterocycles. The van der Waals surface area contributed by atoms with Crippen molar-refractivity contribution in [2.45, 2.75) is 12.5 Å². The number of rotatable bonds is 4. The maximum atomic E-state index is 11.5. The molecule has 2 aromatic rings. The molecule has 0 spiro atoms. The molecule has 1 aromatic carbocycles. The van der Waals surface area contributed by atoms with Gasteiger partial charge in [-0.1, -0.05) is 6.07 Å². The first-order valence-corrected chi connectivity index (χ1v) is 7.20. The molecule has 1 saturated heterocycles. The van der Waals surface area contributed by atoms with Crippen LogP contribution < -0.4 is 0 Å². The largest absolute Gasteiger partial charge is 0.447 e. The van der Waals surface area contributed by atoms with Gasteiger partial charge in [0.15, 0.2) is 0 Å². The average molecular weight is 287 g/mol. The van der Waals surface area contributed by atoms with E-state index in [-0.39, 0.29) is 12.1 Å². The van der Waals surface area contributed by atoms with E-state index in [1.807, 2.05) is 0 Å². The van der Waals surface area contributed by atoms with E-state index in [1.165, 1.54) is 10.9 Å². The van der Waals surface area contributed by atoms with Crippen LogP contribution in [0.2, 0.25) is 0 Å². The molecule has 1 atom stereocenters. The van der Waals surface area contributed by atoms with Gasteiger partial charge in [-0.2, -0.15) is 0 Å². The number of hydrogen-bond donors (Lipinski definition) is 1. The topological polar surface area (TPSA) is 48.6 Å². The normalized spacial score (nSPS) is 18.8. The van der Waals surface area contributed by atoms with Gasteiger partial charge >= 0.3 is 6.09 Å². The SMILES string of the molecule is CN(C)CCc1c[nH]c2ccc([C@H]3COC(=O)N3C)cc12. The fourth-order valence-corrected chi connectivity index (χ4v) is 2.77. The fraction of sp³-hybridized carbons (Fsp3) is 0.438. The summed E-state index contributed by atoms with van der Waals surface area (Å²) in [7, 11) is 5.95. The molecule has 1 aliphatic rings. The molecule has 0 unspecified atom stereocenters. The average Bonchev–Trinajstić information content (AvgIpc) is 3.01. The number of nitrogens with one attached hydrogen (secondary N) is 1. The van der Waals surface area contributed by atoms with E-state index in [2.05, 4.69) is 48.4 Å². The molecule has 5 nitrogen and oxygen atoms in total. The summed E-state index contributed by atoms with van der Waals surface area (Å²) in [6, 6.07) is 6.34. The Balaban J connectivity index is 1.91. The van der Waals surface area contributed by atoms with Gasteiger partial charge in [-0.05, 0) is 43.8 Å². The molecular weight excluding hydrogens is 266 g/mol. The van der Waals surface area contributed by atoms with Crippen molar-refractivity contribution in [1.29, 1.82) is 0 Å². The Morgan fingerprint density at radius 1 is 1.43 bits per heavy atom. The zero-order valence-corrected chi connectivity index (χ0v) is 12.7. The standard InChI is InChI=1S/C16H21N3O2/c1-18(2)7-6-12-9-17-14-5-4-11(8-13(12)14)15-10-21-16(20)19(15)3/h4-5,8-9,15,17H,6-7,10H2,1-3H3/t15-/m1/s1. The van der Waals surface area contributed by atoms with Crippen LogP contribution in [0.3, 0.4) is 0 Å². The summed E-state index contributed by atoms with van der Waals surface area (Å²) in [4.78, 5) is 18.7. The van der Waals surface area contributed by atoms with Crippen molar-refractivity contribution in [2.24, 2.45) is 0 Å². The van der Waals surface area contributed by atoms with Crippen LogP contribution in [0, 0.1) is 0 Å². The Morgan fingerprint density at radius 3 is 2.90 bits per heavy atom. The van der Waals surface area contributed by atoms with Gasteiger partial charge in [0.25, 0.3) is 0 Å². The predicted molar refractivity (Wildman–Crippen MR) is 82.4 cm³/mol. The number of cyclic esters (lactones) is 1. The lowest BCUT2D eigenvalue weighted by atomic mass is 10.0. The third-order valence-electron chi connectivity index (χ3n) is 4.12. The highest BCUT2D eigenvalue weighted by atomic mass is 16.6. The minimum atomic E-state index is -0.248. The van der Waals surface area contributed by atoms with Crippen molar-refractivity contribution in [3.8, 4) is 0 Å². The lowest BCUT2D eigenvalue weighted by Crippen LogP contribution is -2.22. The minimum absolute atomic E-state index is 0.0125. The molecule has 0 radical (unpaired) electrons. The van der Waals surface area contributed by atoms with Gasteiger partial charge in [-0.25, -0.2) is 4.79 Å². The highest BCUT2D eigenvalue weighted by Crippen LogP contribution is 2.29. The molecular formula is C16H21N3O2. The second-order valence-electron chi connectivity index (χ2n) is 5.88. The number of nitrogens with zero attached hydrogens (tertiary/aromatic N) is 2. The molecule has 1 amide bonds. The van der Waals surface area contributed by atoms with Gasteiger partial charge in [0.2, 0.25) is 0 Å². The van der Waals surface area contributed by atoms with Crippen molar-refractivity contribution < 1.29 is 9.53 Å². The van der Waals surface area contributed by atoms with E-state index < -0.39 is 0 Å². The third-order valence-corrected chi connectivity index (χ3v) is 4.12. The van der Waals surface area contributed by atoms with Crippen LogP contribution in [-0.4, -0.2) is 55.2 Å². The summed E-state index contributed by atoms with van der Waals surface area (Å²) in [5.74, 6) is 0. The molecule has 1 N–H and O–H groups in total. The Hall–Kier alpha value is -2.01. The molecule has 1 aliphatic heterocycles. The number of fused-ring (bicyclic) bond motifs is 1. The Morgan fingerprint density at radius 2 is 2.24 bits per heavy atom. The Labute approximate surface area is 124 Å². The van der Waals surface area contributed by atoms with Crippen LogP contribution in [0.1, 0.15) is 17.2 Å². The summed E-state index contributed by atoms with van der Waals surface area (Å²) < 4.78 is 5.11. The number of H-pyrrole nitrogens is 1. The lowest BCUT2D eigenvalue weighted by Gasteiger charge is -2.16. The van der Waals surface area contributed by atoms with Gasteiger partial charge in [0.05, 0.1) is 6.04 Å². The molecule has 1 fully saturated rings. The number of amides is 1. The first-order valence-electron chi connectivity index (χ1n) is 7.20. The van der Waals surface area contributed by atoms with Crippen molar-refractivity contribution in [3.63, 3.8) is 0 Å². The van der Waals surface area contributed by atoms with Gasteiger partial charge in [-0.15, -0.1) is 0 Å². The number of aromatic amines is 1. The number of ether oxygens (including phenoxy) is 1. The number of benzene rings is 1. The van der Waals surface area contributed by atoms with Crippen LogP contribution in [0.15, 0.2) is 24.4 Å². The van der Waals surface area contributed by atoms with Crippen molar-refractivity contribution >= 4 is 17.0 Å². The first kappa shape index (κ1) is 13.9. The number of hydrogen-bond acceptors (Lipinski definition) is 3. The van der Waals surface area contributed by atoms with Crippen LogP contribution in [0.25, 0.3) is 10.9 Å². The zero-order valence-electron chi connectivity index (χ0n) is 12.7. The van der Waals surface area contributed by atoms with Crippen LogP contribution in [0.5, 0.6) is 0 Å². The Kier molecular flexibility index (Phi) is 3.59. The summed E-state index contributed by atoms with van der Waals surface area (Å²) >= 11 is 0. The first-order chi connectivity index (χ1) is 10.1. The third kappa shape index (κ3) is 2.61. The second kappa shape index (κ2) is 5.41. The van der Waals surface area contributed by atoms with E-state index in [0.717, 1.165) is 24.0 Å². The minimum Gasteiger partial charge on any atom is -0.447 e. The van der Waals surface area contributed by atoms with Crippen LogP contribution in [0.4, 0.5) is 4.79 Å². The van der Waals surface area contributed by atoms with Gasteiger partial charge < -0.3 is 19.5 Å². The van der Waals surface area contributed by atoms with E-state index in [4.69, 9.17) is 4.74 Å². The van der Waals surface area contributed by atoms with Crippen molar-refractivity contribution in [3.05, 3.63) is 35.5 Å².